The molecule has 3 rings (SSSR count). The summed E-state index contributed by atoms with van der Waals surface area (Å²) in [7, 11) is 0. The molecule has 0 amide bonds. The summed E-state index contributed by atoms with van der Waals surface area (Å²) >= 11 is 6.12. The first kappa shape index (κ1) is 14.6. The first-order chi connectivity index (χ1) is 10.6. The van der Waals surface area contributed by atoms with Gasteiger partial charge in [-0.15, -0.1) is 0 Å². The van der Waals surface area contributed by atoms with Crippen molar-refractivity contribution in [1.82, 2.24) is 10.1 Å². The number of para-hydroxylation sites is 1. The molecule has 2 aromatic carbocycles. The van der Waals surface area contributed by atoms with Crippen molar-refractivity contribution in [3.8, 4) is 17.2 Å². The molecule has 0 spiro atoms. The molecule has 0 saturated carbocycles. The second kappa shape index (κ2) is 6.20. The minimum absolute atomic E-state index is 0.250. The Labute approximate surface area is 133 Å². The maximum atomic E-state index is 6.12. The molecule has 0 radical (unpaired) electrons. The first-order valence-corrected chi connectivity index (χ1v) is 7.29. The summed E-state index contributed by atoms with van der Waals surface area (Å²) in [6.45, 7) is 4.26. The summed E-state index contributed by atoms with van der Waals surface area (Å²) in [6.07, 6.45) is 0. The van der Waals surface area contributed by atoms with Crippen LogP contribution in [0.4, 0.5) is 0 Å². The minimum atomic E-state index is 0.250. The molecule has 1 heterocycles. The molecule has 0 bridgehead atoms. The summed E-state index contributed by atoms with van der Waals surface area (Å²) in [6, 6.07) is 13.4. The molecule has 0 fully saturated rings. The van der Waals surface area contributed by atoms with Crippen LogP contribution in [0.15, 0.2) is 47.0 Å². The highest BCUT2D eigenvalue weighted by molar-refractivity contribution is 6.33. The fourth-order valence-electron chi connectivity index (χ4n) is 2.22. The Morgan fingerprint density at radius 2 is 1.77 bits per heavy atom. The third-order valence-electron chi connectivity index (χ3n) is 3.33. The van der Waals surface area contributed by atoms with Gasteiger partial charge in [-0.25, -0.2) is 0 Å². The molecule has 0 N–H and O–H groups in total. The Hall–Kier alpha value is -2.33. The number of ether oxygens (including phenoxy) is 1. The molecule has 0 saturated heterocycles. The fourth-order valence-corrected chi connectivity index (χ4v) is 2.44. The molecule has 112 valence electrons. The van der Waals surface area contributed by atoms with Crippen LogP contribution in [0.3, 0.4) is 0 Å². The second-order valence-corrected chi connectivity index (χ2v) is 5.41. The Bertz CT molecular complexity index is 779. The van der Waals surface area contributed by atoms with Gasteiger partial charge in [-0.05, 0) is 37.1 Å². The minimum Gasteiger partial charge on any atom is -0.485 e. The second-order valence-electron chi connectivity index (χ2n) is 5.01. The van der Waals surface area contributed by atoms with Crippen LogP contribution in [0.1, 0.15) is 17.0 Å². The SMILES string of the molecule is Cc1cccc(C)c1OCc1noc(-c2ccccc2Cl)n1. The number of aromatic nitrogens is 2. The number of hydrogen-bond donors (Lipinski definition) is 0. The quantitative estimate of drug-likeness (QED) is 0.707. The maximum Gasteiger partial charge on any atom is 0.259 e. The lowest BCUT2D eigenvalue weighted by Gasteiger charge is -2.09. The molecule has 1 aromatic heterocycles. The third-order valence-corrected chi connectivity index (χ3v) is 3.66. The predicted octanol–water partition coefficient (Wildman–Crippen LogP) is 4.59. The van der Waals surface area contributed by atoms with E-state index in [0.29, 0.717) is 16.7 Å². The van der Waals surface area contributed by atoms with Gasteiger partial charge in [-0.3, -0.25) is 0 Å². The summed E-state index contributed by atoms with van der Waals surface area (Å²) in [5.74, 6) is 1.73. The molecule has 0 unspecified atom stereocenters. The molecule has 22 heavy (non-hydrogen) atoms. The van der Waals surface area contributed by atoms with Crippen LogP contribution in [-0.2, 0) is 6.61 Å². The zero-order chi connectivity index (χ0) is 15.5. The lowest BCUT2D eigenvalue weighted by molar-refractivity contribution is 0.283. The Balaban J connectivity index is 1.77. The Kier molecular flexibility index (Phi) is 4.11. The summed E-state index contributed by atoms with van der Waals surface area (Å²) in [5.41, 5.74) is 2.87. The van der Waals surface area contributed by atoms with E-state index in [-0.39, 0.29) is 6.61 Å². The van der Waals surface area contributed by atoms with Gasteiger partial charge >= 0.3 is 0 Å². The van der Waals surface area contributed by atoms with E-state index < -0.39 is 0 Å². The number of nitrogens with zero attached hydrogens (tertiary/aromatic N) is 2. The van der Waals surface area contributed by atoms with E-state index in [1.54, 1.807) is 6.07 Å². The highest BCUT2D eigenvalue weighted by Crippen LogP contribution is 2.27. The van der Waals surface area contributed by atoms with Gasteiger partial charge < -0.3 is 9.26 Å². The van der Waals surface area contributed by atoms with E-state index in [9.17, 15) is 0 Å². The highest BCUT2D eigenvalue weighted by Gasteiger charge is 2.12. The number of benzene rings is 2. The fraction of sp³-hybridized carbons (Fsp3) is 0.176. The van der Waals surface area contributed by atoms with Gasteiger partial charge in [0.2, 0.25) is 5.82 Å². The normalized spacial score (nSPS) is 10.7. The van der Waals surface area contributed by atoms with Crippen molar-refractivity contribution in [3.05, 3.63) is 64.4 Å². The standard InChI is InChI=1S/C17H15ClN2O2/c1-11-6-5-7-12(2)16(11)21-10-15-19-17(22-20-15)13-8-3-4-9-14(13)18/h3-9H,10H2,1-2H3. The monoisotopic (exact) mass is 314 g/mol. The largest absolute Gasteiger partial charge is 0.485 e. The molecule has 3 aromatic rings. The van der Waals surface area contributed by atoms with Crippen molar-refractivity contribution in [2.75, 3.05) is 0 Å². The van der Waals surface area contributed by atoms with Gasteiger partial charge in [0, 0.05) is 0 Å². The maximum absolute atomic E-state index is 6.12. The topological polar surface area (TPSA) is 48.2 Å². The van der Waals surface area contributed by atoms with Crippen LogP contribution < -0.4 is 4.74 Å². The molecule has 0 aliphatic rings. The van der Waals surface area contributed by atoms with E-state index >= 15 is 0 Å². The van der Waals surface area contributed by atoms with Crippen molar-refractivity contribution >= 4 is 11.6 Å². The van der Waals surface area contributed by atoms with Gasteiger partial charge in [-0.1, -0.05) is 47.1 Å². The van der Waals surface area contributed by atoms with Crippen LogP contribution in [0.2, 0.25) is 5.02 Å². The van der Waals surface area contributed by atoms with Gasteiger partial charge in [0.05, 0.1) is 10.6 Å². The van der Waals surface area contributed by atoms with Crippen molar-refractivity contribution in [2.45, 2.75) is 20.5 Å². The first-order valence-electron chi connectivity index (χ1n) is 6.91. The molecule has 0 aliphatic carbocycles. The van der Waals surface area contributed by atoms with Crippen LogP contribution in [0, 0.1) is 13.8 Å². The Morgan fingerprint density at radius 1 is 1.05 bits per heavy atom. The van der Waals surface area contributed by atoms with Crippen LogP contribution in [0.25, 0.3) is 11.5 Å². The summed E-state index contributed by atoms with van der Waals surface area (Å²) < 4.78 is 11.1. The van der Waals surface area contributed by atoms with Crippen molar-refractivity contribution in [3.63, 3.8) is 0 Å². The molecule has 4 nitrogen and oxygen atoms in total. The van der Waals surface area contributed by atoms with E-state index in [4.69, 9.17) is 20.9 Å². The highest BCUT2D eigenvalue weighted by atomic mass is 35.5. The predicted molar refractivity (Wildman–Crippen MR) is 85.0 cm³/mol. The van der Waals surface area contributed by atoms with E-state index in [1.807, 2.05) is 50.2 Å². The van der Waals surface area contributed by atoms with E-state index in [0.717, 1.165) is 22.4 Å². The van der Waals surface area contributed by atoms with Crippen LogP contribution in [0.5, 0.6) is 5.75 Å². The van der Waals surface area contributed by atoms with Gasteiger partial charge in [0.15, 0.2) is 6.61 Å². The number of halogens is 1. The lowest BCUT2D eigenvalue weighted by atomic mass is 10.1. The number of hydrogen-bond acceptors (Lipinski definition) is 4. The third kappa shape index (κ3) is 2.97. The average molecular weight is 315 g/mol. The average Bonchev–Trinajstić information content (AvgIpc) is 2.96. The van der Waals surface area contributed by atoms with Gasteiger partial charge in [0.1, 0.15) is 5.75 Å². The van der Waals surface area contributed by atoms with Crippen molar-refractivity contribution in [1.29, 1.82) is 0 Å². The summed E-state index contributed by atoms with van der Waals surface area (Å²) in [5, 5.41) is 4.52. The van der Waals surface area contributed by atoms with Gasteiger partial charge in [0.25, 0.3) is 5.89 Å². The molecular weight excluding hydrogens is 300 g/mol. The zero-order valence-corrected chi connectivity index (χ0v) is 13.1. The van der Waals surface area contributed by atoms with Crippen LogP contribution >= 0.6 is 11.6 Å². The number of rotatable bonds is 4. The smallest absolute Gasteiger partial charge is 0.259 e. The van der Waals surface area contributed by atoms with Gasteiger partial charge in [-0.2, -0.15) is 4.98 Å². The van der Waals surface area contributed by atoms with Crippen molar-refractivity contribution in [2.24, 2.45) is 0 Å². The number of aryl methyl sites for hydroxylation is 2. The molecule has 0 atom stereocenters. The summed E-state index contributed by atoms with van der Waals surface area (Å²) in [4.78, 5) is 4.33. The van der Waals surface area contributed by atoms with E-state index in [2.05, 4.69) is 10.1 Å². The molecular formula is C17H15ClN2O2. The van der Waals surface area contributed by atoms with Crippen molar-refractivity contribution < 1.29 is 9.26 Å². The van der Waals surface area contributed by atoms with E-state index in [1.165, 1.54) is 0 Å². The lowest BCUT2D eigenvalue weighted by Crippen LogP contribution is -2.00. The Morgan fingerprint density at radius 3 is 2.50 bits per heavy atom. The molecule has 5 heteroatoms. The van der Waals surface area contributed by atoms with Crippen LogP contribution in [-0.4, -0.2) is 10.1 Å². The zero-order valence-electron chi connectivity index (χ0n) is 12.3. The molecule has 0 aliphatic heterocycles.